The monoisotopic (exact) mass is 350 g/mol. The highest BCUT2D eigenvalue weighted by molar-refractivity contribution is 7.90. The van der Waals surface area contributed by atoms with Gasteiger partial charge in [-0.3, -0.25) is 14.9 Å². The summed E-state index contributed by atoms with van der Waals surface area (Å²) in [5, 5.41) is 6.55. The number of sulfone groups is 1. The summed E-state index contributed by atoms with van der Waals surface area (Å²) in [7, 11) is -3.44. The normalized spacial score (nSPS) is 18.5. The number of ether oxygens (including phenoxy) is 1. The van der Waals surface area contributed by atoms with Crippen molar-refractivity contribution in [1.29, 1.82) is 0 Å². The molecular weight excluding hydrogens is 332 g/mol. The molecule has 128 valence electrons. The van der Waals surface area contributed by atoms with Crippen LogP contribution in [0.15, 0.2) is 35.6 Å². The Morgan fingerprint density at radius 3 is 3.00 bits per heavy atom. The van der Waals surface area contributed by atoms with E-state index in [2.05, 4.69) is 15.2 Å². The predicted molar refractivity (Wildman–Crippen MR) is 84.9 cm³/mol. The van der Waals surface area contributed by atoms with Crippen molar-refractivity contribution in [3.05, 3.63) is 42.0 Å². The first kappa shape index (κ1) is 16.6. The number of morpholine rings is 1. The van der Waals surface area contributed by atoms with Gasteiger partial charge in [0.25, 0.3) is 0 Å². The van der Waals surface area contributed by atoms with Gasteiger partial charge in [-0.15, -0.1) is 0 Å². The molecule has 1 atom stereocenters. The third-order valence-corrected chi connectivity index (χ3v) is 5.02. The molecule has 2 aromatic heterocycles. The Morgan fingerprint density at radius 2 is 2.29 bits per heavy atom. The van der Waals surface area contributed by atoms with E-state index in [9.17, 15) is 13.2 Å². The van der Waals surface area contributed by atoms with Gasteiger partial charge in [-0.1, -0.05) is 6.07 Å². The fraction of sp³-hybridized carbons (Fsp3) is 0.400. The molecule has 1 fully saturated rings. The number of pyridine rings is 1. The van der Waals surface area contributed by atoms with Crippen LogP contribution in [0, 0.1) is 0 Å². The van der Waals surface area contributed by atoms with Crippen LogP contribution >= 0.6 is 0 Å². The number of aromatic nitrogens is 3. The van der Waals surface area contributed by atoms with Crippen LogP contribution in [0.2, 0.25) is 0 Å². The second kappa shape index (κ2) is 6.70. The molecule has 1 N–H and O–H groups in total. The molecule has 0 bridgehead atoms. The molecule has 9 heteroatoms. The fourth-order valence-corrected chi connectivity index (χ4v) is 3.56. The molecule has 2 aromatic rings. The van der Waals surface area contributed by atoms with Crippen LogP contribution in [-0.4, -0.2) is 60.4 Å². The Hall–Kier alpha value is -2.26. The van der Waals surface area contributed by atoms with Gasteiger partial charge in [-0.2, -0.15) is 5.10 Å². The predicted octanol–water partition coefficient (Wildman–Crippen LogP) is 0.351. The van der Waals surface area contributed by atoms with Gasteiger partial charge >= 0.3 is 0 Å². The number of carbonyl (C=O) groups is 1. The van der Waals surface area contributed by atoms with E-state index in [1.54, 1.807) is 23.4 Å². The van der Waals surface area contributed by atoms with E-state index in [0.717, 1.165) is 11.8 Å². The first-order valence-electron chi connectivity index (χ1n) is 7.46. The van der Waals surface area contributed by atoms with Gasteiger partial charge in [0.2, 0.25) is 5.91 Å². The molecule has 1 amide bonds. The second-order valence-corrected chi connectivity index (χ2v) is 7.62. The number of carbonyl (C=O) groups excluding carboxylic acids is 1. The number of amides is 1. The molecule has 1 aliphatic heterocycles. The van der Waals surface area contributed by atoms with Gasteiger partial charge in [0.15, 0.2) is 9.84 Å². The molecule has 3 rings (SSSR count). The van der Waals surface area contributed by atoms with Crippen molar-refractivity contribution in [2.75, 3.05) is 26.0 Å². The maximum absolute atomic E-state index is 12.7. The lowest BCUT2D eigenvalue weighted by Crippen LogP contribution is -2.44. The molecule has 0 aliphatic carbocycles. The van der Waals surface area contributed by atoms with E-state index in [1.807, 2.05) is 6.07 Å². The fourth-order valence-electron chi connectivity index (χ4n) is 2.74. The van der Waals surface area contributed by atoms with E-state index in [0.29, 0.717) is 18.8 Å². The van der Waals surface area contributed by atoms with Crippen LogP contribution in [0.1, 0.15) is 17.3 Å². The molecule has 1 unspecified atom stereocenters. The Labute approximate surface area is 139 Å². The molecule has 8 nitrogen and oxygen atoms in total. The van der Waals surface area contributed by atoms with Gasteiger partial charge in [-0.05, 0) is 11.6 Å². The lowest BCUT2D eigenvalue weighted by Gasteiger charge is -2.35. The minimum atomic E-state index is -3.44. The lowest BCUT2D eigenvalue weighted by atomic mass is 10.1. The third kappa shape index (κ3) is 3.46. The van der Waals surface area contributed by atoms with E-state index >= 15 is 0 Å². The van der Waals surface area contributed by atoms with Crippen LogP contribution in [0.25, 0.3) is 0 Å². The zero-order valence-corrected chi connectivity index (χ0v) is 14.0. The van der Waals surface area contributed by atoms with Gasteiger partial charge in [-0.25, -0.2) is 8.42 Å². The summed E-state index contributed by atoms with van der Waals surface area (Å²) in [6, 6.07) is 3.10. The Kier molecular flexibility index (Phi) is 4.63. The first-order chi connectivity index (χ1) is 11.5. The molecular formula is C15H18N4O4S. The highest BCUT2D eigenvalue weighted by atomic mass is 32.2. The van der Waals surface area contributed by atoms with Crippen molar-refractivity contribution in [1.82, 2.24) is 20.1 Å². The van der Waals surface area contributed by atoms with Crippen LogP contribution < -0.4 is 0 Å². The highest BCUT2D eigenvalue weighted by Gasteiger charge is 2.33. The van der Waals surface area contributed by atoms with E-state index < -0.39 is 15.9 Å². The summed E-state index contributed by atoms with van der Waals surface area (Å²) in [5.41, 5.74) is 1.19. The summed E-state index contributed by atoms with van der Waals surface area (Å²) >= 11 is 0. The number of H-pyrrole nitrogens is 1. The summed E-state index contributed by atoms with van der Waals surface area (Å²) in [5.74, 6) is -0.106. The number of rotatable bonds is 4. The molecule has 1 saturated heterocycles. The number of nitrogens with zero attached hydrogens (tertiary/aromatic N) is 3. The van der Waals surface area contributed by atoms with Crippen LogP contribution in [0.3, 0.4) is 0 Å². The van der Waals surface area contributed by atoms with Crippen molar-refractivity contribution in [3.63, 3.8) is 0 Å². The summed E-state index contributed by atoms with van der Waals surface area (Å²) in [6.45, 7) is 1.03. The van der Waals surface area contributed by atoms with Crippen molar-refractivity contribution in [2.45, 2.75) is 17.4 Å². The number of hydrogen-bond acceptors (Lipinski definition) is 6. The molecule has 0 saturated carbocycles. The summed E-state index contributed by atoms with van der Waals surface area (Å²) < 4.78 is 29.3. The lowest BCUT2D eigenvalue weighted by molar-refractivity contribution is -0.139. The topological polar surface area (TPSA) is 105 Å². The first-order valence-corrected chi connectivity index (χ1v) is 9.35. The zero-order chi connectivity index (χ0) is 17.2. The smallest absolute Gasteiger partial charge is 0.227 e. The summed E-state index contributed by atoms with van der Waals surface area (Å²) in [4.78, 5) is 18.4. The van der Waals surface area contributed by atoms with Crippen LogP contribution in [0.4, 0.5) is 0 Å². The molecule has 0 spiro atoms. The van der Waals surface area contributed by atoms with Crippen LogP contribution in [0.5, 0.6) is 0 Å². The van der Waals surface area contributed by atoms with Gasteiger partial charge in [0.05, 0.1) is 37.6 Å². The van der Waals surface area contributed by atoms with E-state index in [4.69, 9.17) is 4.74 Å². The van der Waals surface area contributed by atoms with Crippen LogP contribution in [-0.2, 0) is 25.8 Å². The molecule has 0 aromatic carbocycles. The minimum absolute atomic E-state index is 0.0946. The second-order valence-electron chi connectivity index (χ2n) is 5.64. The zero-order valence-electron chi connectivity index (χ0n) is 13.2. The van der Waals surface area contributed by atoms with Crippen molar-refractivity contribution < 1.29 is 17.9 Å². The molecule has 3 heterocycles. The Bertz CT molecular complexity index is 819. The number of aromatic amines is 1. The molecule has 1 aliphatic rings. The van der Waals surface area contributed by atoms with Gasteiger partial charge in [0.1, 0.15) is 4.90 Å². The van der Waals surface area contributed by atoms with Crippen molar-refractivity contribution in [3.8, 4) is 0 Å². The molecule has 0 radical (unpaired) electrons. The maximum atomic E-state index is 12.7. The Balaban J connectivity index is 1.87. The maximum Gasteiger partial charge on any atom is 0.227 e. The standard InChI is InChI=1S/C15H18N4O4S/c1-24(21,22)13-9-17-18-15(13)12-10-23-6-5-19(12)14(20)7-11-3-2-4-16-8-11/h2-4,8-9,12H,5-7,10H2,1H3,(H,17,18). The molecule has 24 heavy (non-hydrogen) atoms. The number of hydrogen-bond donors (Lipinski definition) is 1. The summed E-state index contributed by atoms with van der Waals surface area (Å²) in [6.07, 6.45) is 5.88. The highest BCUT2D eigenvalue weighted by Crippen LogP contribution is 2.28. The number of nitrogens with one attached hydrogen (secondary N) is 1. The SMILES string of the molecule is CS(=O)(=O)c1cn[nH]c1C1COCCN1C(=O)Cc1cccnc1. The Morgan fingerprint density at radius 1 is 1.46 bits per heavy atom. The average molecular weight is 350 g/mol. The van der Waals surface area contributed by atoms with Crippen molar-refractivity contribution in [2.24, 2.45) is 0 Å². The average Bonchev–Trinajstić information content (AvgIpc) is 3.05. The quantitative estimate of drug-likeness (QED) is 0.853. The van der Waals surface area contributed by atoms with E-state index in [1.165, 1.54) is 6.20 Å². The van der Waals surface area contributed by atoms with Gasteiger partial charge < -0.3 is 9.64 Å². The van der Waals surface area contributed by atoms with E-state index in [-0.39, 0.29) is 23.8 Å². The minimum Gasteiger partial charge on any atom is -0.377 e. The third-order valence-electron chi connectivity index (χ3n) is 3.89. The largest absolute Gasteiger partial charge is 0.377 e. The van der Waals surface area contributed by atoms with Crippen molar-refractivity contribution >= 4 is 15.7 Å². The van der Waals surface area contributed by atoms with Gasteiger partial charge in [0, 0.05) is 25.2 Å².